The van der Waals surface area contributed by atoms with E-state index in [1.807, 2.05) is 86.6 Å². The Morgan fingerprint density at radius 1 is 0.931 bits per heavy atom. The van der Waals surface area contributed by atoms with E-state index in [9.17, 15) is 4.79 Å². The summed E-state index contributed by atoms with van der Waals surface area (Å²) in [6.07, 6.45) is 1.58. The summed E-state index contributed by atoms with van der Waals surface area (Å²) in [7, 11) is 0. The molecule has 0 heterocycles. The molecule has 5 heteroatoms. The van der Waals surface area contributed by atoms with Gasteiger partial charge in [-0.2, -0.15) is 5.10 Å². The minimum atomic E-state index is -0.315. The van der Waals surface area contributed by atoms with Crippen molar-refractivity contribution in [2.75, 3.05) is 6.61 Å². The van der Waals surface area contributed by atoms with Crippen molar-refractivity contribution in [3.8, 4) is 11.5 Å². The van der Waals surface area contributed by atoms with Crippen molar-refractivity contribution in [2.24, 2.45) is 5.10 Å². The van der Waals surface area contributed by atoms with E-state index in [1.54, 1.807) is 6.21 Å². The van der Waals surface area contributed by atoms with Crippen LogP contribution in [0, 0.1) is 13.8 Å². The number of aryl methyl sites for hydroxylation is 1. The van der Waals surface area contributed by atoms with Crippen LogP contribution in [0.1, 0.15) is 22.3 Å². The fraction of sp³-hybridized carbons (Fsp3) is 0.167. The molecular formula is C24H24N2O3. The number of hydrogen-bond acceptors (Lipinski definition) is 4. The van der Waals surface area contributed by atoms with E-state index in [1.165, 1.54) is 0 Å². The number of amides is 1. The lowest BCUT2D eigenvalue weighted by molar-refractivity contribution is -0.123. The molecule has 1 N–H and O–H groups in total. The molecule has 0 aliphatic heterocycles. The third-order valence-corrected chi connectivity index (χ3v) is 4.44. The van der Waals surface area contributed by atoms with Crippen molar-refractivity contribution in [2.45, 2.75) is 20.5 Å². The summed E-state index contributed by atoms with van der Waals surface area (Å²) in [6.45, 7) is 4.40. The molecule has 148 valence electrons. The highest BCUT2D eigenvalue weighted by Crippen LogP contribution is 2.20. The summed E-state index contributed by atoms with van der Waals surface area (Å²) < 4.78 is 11.3. The molecule has 29 heavy (non-hydrogen) atoms. The highest BCUT2D eigenvalue weighted by Gasteiger charge is 2.05. The van der Waals surface area contributed by atoms with Crippen LogP contribution in [0.5, 0.6) is 11.5 Å². The second kappa shape index (κ2) is 10.1. The van der Waals surface area contributed by atoms with Crippen LogP contribution in [0.3, 0.4) is 0 Å². The van der Waals surface area contributed by atoms with Gasteiger partial charge >= 0.3 is 0 Å². The van der Waals surface area contributed by atoms with Gasteiger partial charge in [0.25, 0.3) is 5.91 Å². The molecule has 0 unspecified atom stereocenters. The van der Waals surface area contributed by atoms with Crippen LogP contribution in [0.15, 0.2) is 77.9 Å². The van der Waals surface area contributed by atoms with E-state index in [0.29, 0.717) is 12.4 Å². The lowest BCUT2D eigenvalue weighted by atomic mass is 10.1. The quantitative estimate of drug-likeness (QED) is 0.459. The van der Waals surface area contributed by atoms with Crippen molar-refractivity contribution in [1.29, 1.82) is 0 Å². The minimum absolute atomic E-state index is 0.0894. The molecule has 0 aliphatic carbocycles. The molecular weight excluding hydrogens is 364 g/mol. The molecule has 0 radical (unpaired) electrons. The SMILES string of the molecule is Cc1cccc(OCC(=O)N/N=C/c2ccc(OCc3ccccc3)cc2)c1C. The molecule has 3 rings (SSSR count). The Bertz CT molecular complexity index is 967. The average Bonchev–Trinajstić information content (AvgIpc) is 2.75. The summed E-state index contributed by atoms with van der Waals surface area (Å²) in [4.78, 5) is 11.9. The molecule has 0 saturated carbocycles. The summed E-state index contributed by atoms with van der Waals surface area (Å²) in [5, 5.41) is 3.97. The van der Waals surface area contributed by atoms with E-state index in [0.717, 1.165) is 28.0 Å². The van der Waals surface area contributed by atoms with E-state index in [-0.39, 0.29) is 12.5 Å². The maximum Gasteiger partial charge on any atom is 0.277 e. The highest BCUT2D eigenvalue weighted by molar-refractivity contribution is 5.83. The number of nitrogens with one attached hydrogen (secondary N) is 1. The maximum atomic E-state index is 11.9. The van der Waals surface area contributed by atoms with Crippen LogP contribution in [0.4, 0.5) is 0 Å². The van der Waals surface area contributed by atoms with Crippen molar-refractivity contribution < 1.29 is 14.3 Å². The average molecular weight is 388 g/mol. The summed E-state index contributed by atoms with van der Waals surface area (Å²) in [5.41, 5.74) is 6.59. The molecule has 3 aromatic rings. The molecule has 0 atom stereocenters. The van der Waals surface area contributed by atoms with Crippen molar-refractivity contribution in [1.82, 2.24) is 5.43 Å². The van der Waals surface area contributed by atoms with Crippen LogP contribution in [0.2, 0.25) is 0 Å². The first-order valence-electron chi connectivity index (χ1n) is 9.39. The second-order valence-electron chi connectivity index (χ2n) is 6.62. The molecule has 0 fully saturated rings. The highest BCUT2D eigenvalue weighted by atomic mass is 16.5. The predicted molar refractivity (Wildman–Crippen MR) is 114 cm³/mol. The Morgan fingerprint density at radius 3 is 2.45 bits per heavy atom. The number of ether oxygens (including phenoxy) is 2. The lowest BCUT2D eigenvalue weighted by Crippen LogP contribution is -2.24. The first-order valence-corrected chi connectivity index (χ1v) is 9.39. The first-order chi connectivity index (χ1) is 14.1. The summed E-state index contributed by atoms with van der Waals surface area (Å²) in [6, 6.07) is 23.2. The predicted octanol–water partition coefficient (Wildman–Crippen LogP) is 4.41. The van der Waals surface area contributed by atoms with E-state index >= 15 is 0 Å². The van der Waals surface area contributed by atoms with Crippen molar-refractivity contribution >= 4 is 12.1 Å². The van der Waals surface area contributed by atoms with Gasteiger partial charge in [0, 0.05) is 0 Å². The van der Waals surface area contributed by atoms with Gasteiger partial charge in [-0.1, -0.05) is 42.5 Å². The summed E-state index contributed by atoms with van der Waals surface area (Å²) in [5.74, 6) is 1.16. The molecule has 0 aliphatic rings. The summed E-state index contributed by atoms with van der Waals surface area (Å²) >= 11 is 0. The molecule has 0 bridgehead atoms. The normalized spacial score (nSPS) is 10.7. The molecule has 3 aromatic carbocycles. The lowest BCUT2D eigenvalue weighted by Gasteiger charge is -2.09. The number of nitrogens with zero attached hydrogens (tertiary/aromatic N) is 1. The number of hydrogen-bond donors (Lipinski definition) is 1. The van der Waals surface area contributed by atoms with Crippen molar-refractivity contribution in [3.05, 3.63) is 95.1 Å². The Kier molecular flexibility index (Phi) is 7.00. The van der Waals surface area contributed by atoms with Gasteiger partial charge in [0.2, 0.25) is 0 Å². The largest absolute Gasteiger partial charge is 0.489 e. The molecule has 0 saturated heterocycles. The monoisotopic (exact) mass is 388 g/mol. The van der Waals surface area contributed by atoms with Crippen LogP contribution < -0.4 is 14.9 Å². The molecule has 1 amide bonds. The minimum Gasteiger partial charge on any atom is -0.489 e. The van der Waals surface area contributed by atoms with E-state index < -0.39 is 0 Å². The number of carbonyl (C=O) groups is 1. The van der Waals surface area contributed by atoms with Gasteiger partial charge in [-0.15, -0.1) is 0 Å². The molecule has 0 aromatic heterocycles. The van der Waals surface area contributed by atoms with Crippen molar-refractivity contribution in [3.63, 3.8) is 0 Å². The third-order valence-electron chi connectivity index (χ3n) is 4.44. The zero-order valence-corrected chi connectivity index (χ0v) is 16.6. The molecule has 0 spiro atoms. The van der Waals surface area contributed by atoms with Gasteiger partial charge < -0.3 is 9.47 Å². The fourth-order valence-corrected chi connectivity index (χ4v) is 2.63. The number of carbonyl (C=O) groups excluding carboxylic acids is 1. The standard InChI is InChI=1S/C24H24N2O3/c1-18-7-6-10-23(19(18)2)29-17-24(27)26-25-15-20-11-13-22(14-12-20)28-16-21-8-4-3-5-9-21/h3-15H,16-17H2,1-2H3,(H,26,27)/b25-15+. The van der Waals surface area contributed by atoms with Crippen LogP contribution >= 0.6 is 0 Å². The van der Waals surface area contributed by atoms with Crippen LogP contribution in [0.25, 0.3) is 0 Å². The number of benzene rings is 3. The third kappa shape index (κ3) is 6.21. The fourth-order valence-electron chi connectivity index (χ4n) is 2.63. The van der Waals surface area contributed by atoms with Gasteiger partial charge in [-0.05, 0) is 66.4 Å². The first kappa shape index (κ1) is 20.1. The van der Waals surface area contributed by atoms with Gasteiger partial charge in [0.1, 0.15) is 18.1 Å². The zero-order valence-electron chi connectivity index (χ0n) is 16.6. The van der Waals surface area contributed by atoms with Gasteiger partial charge in [-0.3, -0.25) is 4.79 Å². The van der Waals surface area contributed by atoms with Crippen LogP contribution in [-0.2, 0) is 11.4 Å². The Balaban J connectivity index is 1.43. The number of rotatable bonds is 8. The Hall–Kier alpha value is -3.60. The van der Waals surface area contributed by atoms with Gasteiger partial charge in [-0.25, -0.2) is 5.43 Å². The smallest absolute Gasteiger partial charge is 0.277 e. The second-order valence-corrected chi connectivity index (χ2v) is 6.62. The van der Waals surface area contributed by atoms with Gasteiger partial charge in [0.05, 0.1) is 6.21 Å². The maximum absolute atomic E-state index is 11.9. The zero-order chi connectivity index (χ0) is 20.5. The van der Waals surface area contributed by atoms with E-state index in [4.69, 9.17) is 9.47 Å². The van der Waals surface area contributed by atoms with E-state index in [2.05, 4.69) is 10.5 Å². The van der Waals surface area contributed by atoms with Gasteiger partial charge in [0.15, 0.2) is 6.61 Å². The van der Waals surface area contributed by atoms with Crippen LogP contribution in [-0.4, -0.2) is 18.7 Å². The topological polar surface area (TPSA) is 59.9 Å². The molecule has 5 nitrogen and oxygen atoms in total. The number of hydrazone groups is 1. The Labute approximate surface area is 171 Å². The Morgan fingerprint density at radius 2 is 1.69 bits per heavy atom.